The molecule has 0 aromatic carbocycles. The van der Waals surface area contributed by atoms with Gasteiger partial charge >= 0.3 is 0 Å². The molecule has 0 saturated heterocycles. The van der Waals surface area contributed by atoms with Gasteiger partial charge in [0, 0.05) is 18.3 Å². The maximum Gasteiger partial charge on any atom is 0.257 e. The molecule has 0 radical (unpaired) electrons. The SMILES string of the molecule is Oc1ccnc2cc3c(nc12)OCCO3. The Morgan fingerprint density at radius 2 is 2.13 bits per heavy atom. The van der Waals surface area contributed by atoms with E-state index >= 15 is 0 Å². The maximum atomic E-state index is 9.57. The van der Waals surface area contributed by atoms with E-state index in [1.165, 1.54) is 12.3 Å². The highest BCUT2D eigenvalue weighted by Crippen LogP contribution is 2.33. The second kappa shape index (κ2) is 2.98. The van der Waals surface area contributed by atoms with Crippen molar-refractivity contribution in [1.29, 1.82) is 0 Å². The highest BCUT2D eigenvalue weighted by molar-refractivity contribution is 5.82. The lowest BCUT2D eigenvalue weighted by molar-refractivity contribution is 0.165. The number of ether oxygens (including phenoxy) is 2. The minimum absolute atomic E-state index is 0.0944. The predicted molar refractivity (Wildman–Crippen MR) is 52.2 cm³/mol. The van der Waals surface area contributed by atoms with E-state index in [-0.39, 0.29) is 5.75 Å². The number of fused-ring (bicyclic) bond motifs is 2. The lowest BCUT2D eigenvalue weighted by atomic mass is 10.3. The van der Waals surface area contributed by atoms with Crippen LogP contribution in [0.2, 0.25) is 0 Å². The number of rotatable bonds is 0. The molecule has 1 N–H and O–H groups in total. The molecule has 0 aliphatic carbocycles. The van der Waals surface area contributed by atoms with Crippen LogP contribution in [0.3, 0.4) is 0 Å². The number of hydrogen-bond donors (Lipinski definition) is 1. The van der Waals surface area contributed by atoms with Crippen molar-refractivity contribution in [2.24, 2.45) is 0 Å². The van der Waals surface area contributed by atoms with Crippen LogP contribution in [0.25, 0.3) is 11.0 Å². The zero-order chi connectivity index (χ0) is 10.3. The van der Waals surface area contributed by atoms with Gasteiger partial charge in [-0.05, 0) is 0 Å². The second-order valence-electron chi connectivity index (χ2n) is 3.19. The minimum atomic E-state index is 0.0944. The molecule has 0 unspecified atom stereocenters. The number of nitrogens with zero attached hydrogens (tertiary/aromatic N) is 2. The van der Waals surface area contributed by atoms with Crippen LogP contribution in [0.4, 0.5) is 0 Å². The van der Waals surface area contributed by atoms with Crippen LogP contribution >= 0.6 is 0 Å². The zero-order valence-electron chi connectivity index (χ0n) is 7.80. The van der Waals surface area contributed by atoms with E-state index in [1.807, 2.05) is 0 Å². The van der Waals surface area contributed by atoms with Crippen LogP contribution in [0.5, 0.6) is 17.4 Å². The van der Waals surface area contributed by atoms with Gasteiger partial charge in [-0.3, -0.25) is 4.98 Å². The molecule has 3 heterocycles. The van der Waals surface area contributed by atoms with Gasteiger partial charge < -0.3 is 14.6 Å². The fraction of sp³-hybridized carbons (Fsp3) is 0.200. The lowest BCUT2D eigenvalue weighted by Crippen LogP contribution is -2.16. The first-order chi connectivity index (χ1) is 7.34. The Hall–Kier alpha value is -2.04. The fourth-order valence-corrected chi connectivity index (χ4v) is 1.52. The molecule has 0 bridgehead atoms. The molecule has 0 spiro atoms. The number of aromatic hydroxyl groups is 1. The Morgan fingerprint density at radius 3 is 3.07 bits per heavy atom. The zero-order valence-corrected chi connectivity index (χ0v) is 7.80. The first kappa shape index (κ1) is 8.28. The van der Waals surface area contributed by atoms with Crippen molar-refractivity contribution in [1.82, 2.24) is 9.97 Å². The van der Waals surface area contributed by atoms with Gasteiger partial charge in [0.25, 0.3) is 5.88 Å². The van der Waals surface area contributed by atoms with E-state index in [0.717, 1.165) is 0 Å². The average molecular weight is 204 g/mol. The summed E-state index contributed by atoms with van der Waals surface area (Å²) >= 11 is 0. The smallest absolute Gasteiger partial charge is 0.257 e. The van der Waals surface area contributed by atoms with Gasteiger partial charge in [0.15, 0.2) is 5.75 Å². The van der Waals surface area contributed by atoms with Crippen molar-refractivity contribution in [2.75, 3.05) is 13.2 Å². The van der Waals surface area contributed by atoms with E-state index < -0.39 is 0 Å². The van der Waals surface area contributed by atoms with Crippen LogP contribution in [-0.2, 0) is 0 Å². The third-order valence-corrected chi connectivity index (χ3v) is 2.20. The van der Waals surface area contributed by atoms with Crippen molar-refractivity contribution >= 4 is 11.0 Å². The Labute approximate surface area is 85.3 Å². The third-order valence-electron chi connectivity index (χ3n) is 2.20. The largest absolute Gasteiger partial charge is 0.506 e. The van der Waals surface area contributed by atoms with Crippen LogP contribution in [-0.4, -0.2) is 28.3 Å². The molecule has 1 aliphatic heterocycles. The number of hydrogen-bond acceptors (Lipinski definition) is 5. The quantitative estimate of drug-likeness (QED) is 0.696. The predicted octanol–water partition coefficient (Wildman–Crippen LogP) is 1.11. The lowest BCUT2D eigenvalue weighted by Gasteiger charge is -2.17. The van der Waals surface area contributed by atoms with Crippen LogP contribution in [0.15, 0.2) is 18.3 Å². The molecule has 0 amide bonds. The summed E-state index contributed by atoms with van der Waals surface area (Å²) in [6, 6.07) is 3.21. The molecule has 3 rings (SSSR count). The first-order valence-corrected chi connectivity index (χ1v) is 4.59. The summed E-state index contributed by atoms with van der Waals surface area (Å²) in [7, 11) is 0. The normalized spacial score (nSPS) is 14.1. The van der Waals surface area contributed by atoms with Crippen molar-refractivity contribution < 1.29 is 14.6 Å². The molecular weight excluding hydrogens is 196 g/mol. The third kappa shape index (κ3) is 1.24. The van der Waals surface area contributed by atoms with Crippen LogP contribution in [0.1, 0.15) is 0 Å². The summed E-state index contributed by atoms with van der Waals surface area (Å²) in [6.07, 6.45) is 1.52. The van der Waals surface area contributed by atoms with Gasteiger partial charge in [-0.2, -0.15) is 0 Å². The molecule has 15 heavy (non-hydrogen) atoms. The van der Waals surface area contributed by atoms with Crippen molar-refractivity contribution in [3.63, 3.8) is 0 Å². The topological polar surface area (TPSA) is 64.5 Å². The summed E-state index contributed by atoms with van der Waals surface area (Å²) in [5.74, 6) is 1.08. The molecule has 2 aromatic heterocycles. The average Bonchev–Trinajstić information content (AvgIpc) is 2.27. The van der Waals surface area contributed by atoms with E-state index in [9.17, 15) is 5.11 Å². The molecule has 0 atom stereocenters. The summed E-state index contributed by atoms with van der Waals surface area (Å²) in [4.78, 5) is 8.25. The van der Waals surface area contributed by atoms with E-state index in [0.29, 0.717) is 35.9 Å². The highest BCUT2D eigenvalue weighted by Gasteiger charge is 2.15. The van der Waals surface area contributed by atoms with Crippen molar-refractivity contribution in [3.05, 3.63) is 18.3 Å². The van der Waals surface area contributed by atoms with Gasteiger partial charge in [-0.25, -0.2) is 4.98 Å². The first-order valence-electron chi connectivity index (χ1n) is 4.59. The van der Waals surface area contributed by atoms with E-state index in [2.05, 4.69) is 9.97 Å². The Bertz CT molecular complexity index is 527. The Balaban J connectivity index is 2.31. The molecule has 5 heteroatoms. The van der Waals surface area contributed by atoms with Crippen molar-refractivity contribution in [2.45, 2.75) is 0 Å². The number of pyridine rings is 2. The highest BCUT2D eigenvalue weighted by atomic mass is 16.6. The molecule has 0 fully saturated rings. The molecular formula is C10H8N2O3. The second-order valence-corrected chi connectivity index (χ2v) is 3.19. The van der Waals surface area contributed by atoms with Gasteiger partial charge in [0.05, 0.1) is 5.52 Å². The standard InChI is InChI=1S/C10H8N2O3/c13-7-1-2-11-6-5-8-10(12-9(6)7)15-4-3-14-8/h1-2,5H,3-4H2,(H,11,13). The Morgan fingerprint density at radius 1 is 1.27 bits per heavy atom. The maximum absolute atomic E-state index is 9.57. The van der Waals surface area contributed by atoms with Gasteiger partial charge in [-0.15, -0.1) is 0 Å². The summed E-state index contributed by atoms with van der Waals surface area (Å²) in [5.41, 5.74) is 1.03. The molecule has 76 valence electrons. The Kier molecular flexibility index (Phi) is 1.65. The fourth-order valence-electron chi connectivity index (χ4n) is 1.52. The van der Waals surface area contributed by atoms with E-state index in [4.69, 9.17) is 9.47 Å². The van der Waals surface area contributed by atoms with Gasteiger partial charge in [0.1, 0.15) is 24.5 Å². The summed E-state index contributed by atoms with van der Waals surface area (Å²) in [6.45, 7) is 0.992. The molecule has 1 aliphatic rings. The minimum Gasteiger partial charge on any atom is -0.506 e. The van der Waals surface area contributed by atoms with Gasteiger partial charge in [0.2, 0.25) is 0 Å². The monoisotopic (exact) mass is 204 g/mol. The van der Waals surface area contributed by atoms with Crippen LogP contribution in [0, 0.1) is 0 Å². The van der Waals surface area contributed by atoms with Crippen LogP contribution < -0.4 is 9.47 Å². The van der Waals surface area contributed by atoms with Crippen molar-refractivity contribution in [3.8, 4) is 17.4 Å². The van der Waals surface area contributed by atoms with E-state index in [1.54, 1.807) is 6.07 Å². The molecule has 0 saturated carbocycles. The molecule has 5 nitrogen and oxygen atoms in total. The van der Waals surface area contributed by atoms with Gasteiger partial charge in [-0.1, -0.05) is 0 Å². The number of aromatic nitrogens is 2. The molecule has 2 aromatic rings. The summed E-state index contributed by atoms with van der Waals surface area (Å²) in [5, 5.41) is 9.57. The summed E-state index contributed by atoms with van der Waals surface area (Å²) < 4.78 is 10.7.